The summed E-state index contributed by atoms with van der Waals surface area (Å²) in [5.41, 5.74) is 1.49. The number of aromatic nitrogens is 3. The maximum Gasteiger partial charge on any atom is 0.333 e. The summed E-state index contributed by atoms with van der Waals surface area (Å²) >= 11 is 7.64. The average molecular weight is 568 g/mol. The maximum absolute atomic E-state index is 13.7. The fourth-order valence-corrected chi connectivity index (χ4v) is 7.01. The molecule has 12 heteroatoms. The zero-order chi connectivity index (χ0) is 26.6. The summed E-state index contributed by atoms with van der Waals surface area (Å²) in [7, 11) is -3.24. The third-order valence-electron chi connectivity index (χ3n) is 6.75. The number of aromatic amines is 1. The van der Waals surface area contributed by atoms with E-state index in [2.05, 4.69) is 14.9 Å². The van der Waals surface area contributed by atoms with Gasteiger partial charge in [0, 0.05) is 64.3 Å². The molecule has 0 spiro atoms. The van der Waals surface area contributed by atoms with Crippen LogP contribution >= 0.6 is 22.9 Å². The highest BCUT2D eigenvalue weighted by Crippen LogP contribution is 2.35. The molecule has 1 aliphatic rings. The van der Waals surface area contributed by atoms with E-state index in [1.807, 2.05) is 36.4 Å². The van der Waals surface area contributed by atoms with Crippen molar-refractivity contribution in [2.24, 2.45) is 0 Å². The summed E-state index contributed by atoms with van der Waals surface area (Å²) in [4.78, 5) is 36.9. The molecule has 2 aromatic carbocycles. The van der Waals surface area contributed by atoms with Gasteiger partial charge in [-0.15, -0.1) is 11.3 Å². The molecule has 0 radical (unpaired) electrons. The summed E-state index contributed by atoms with van der Waals surface area (Å²) in [6.07, 6.45) is 4.41. The molecule has 5 aromatic rings. The van der Waals surface area contributed by atoms with E-state index in [4.69, 9.17) is 11.6 Å². The fraction of sp³-hybridized carbons (Fsp3) is 0.192. The van der Waals surface area contributed by atoms with Crippen LogP contribution in [0.2, 0.25) is 5.02 Å². The monoisotopic (exact) mass is 567 g/mol. The average Bonchev–Trinajstić information content (AvgIpc) is 3.32. The number of sulfonamides is 1. The molecule has 4 heterocycles. The van der Waals surface area contributed by atoms with Gasteiger partial charge in [0.1, 0.15) is 4.70 Å². The van der Waals surface area contributed by atoms with Gasteiger partial charge < -0.3 is 9.88 Å². The Kier molecular flexibility index (Phi) is 6.10. The van der Waals surface area contributed by atoms with E-state index in [1.165, 1.54) is 28.1 Å². The lowest BCUT2D eigenvalue weighted by atomic mass is 10.1. The van der Waals surface area contributed by atoms with E-state index in [9.17, 15) is 18.0 Å². The predicted molar refractivity (Wildman–Crippen MR) is 152 cm³/mol. The molecule has 1 N–H and O–H groups in total. The van der Waals surface area contributed by atoms with Crippen LogP contribution in [0.4, 0.5) is 5.69 Å². The first-order chi connectivity index (χ1) is 18.2. The minimum atomic E-state index is -3.24. The number of halogens is 1. The third-order valence-corrected chi connectivity index (χ3v) is 9.54. The summed E-state index contributed by atoms with van der Waals surface area (Å²) in [5.74, 6) is 0. The van der Waals surface area contributed by atoms with E-state index >= 15 is 0 Å². The number of H-pyrrole nitrogens is 1. The van der Waals surface area contributed by atoms with Gasteiger partial charge in [-0.2, -0.15) is 4.31 Å². The Bertz CT molecular complexity index is 1940. The van der Waals surface area contributed by atoms with Crippen molar-refractivity contribution in [2.45, 2.75) is 0 Å². The van der Waals surface area contributed by atoms with E-state index in [0.717, 1.165) is 26.1 Å². The molecular weight excluding hydrogens is 546 g/mol. The van der Waals surface area contributed by atoms with Crippen molar-refractivity contribution in [2.75, 3.05) is 37.3 Å². The molecular formula is C26H22ClN5O4S2. The van der Waals surface area contributed by atoms with Crippen molar-refractivity contribution < 1.29 is 8.42 Å². The molecule has 38 heavy (non-hydrogen) atoms. The van der Waals surface area contributed by atoms with E-state index < -0.39 is 21.3 Å². The Morgan fingerprint density at radius 3 is 2.50 bits per heavy atom. The first kappa shape index (κ1) is 24.8. The molecule has 9 nitrogen and oxygen atoms in total. The second-order valence-corrected chi connectivity index (χ2v) is 12.6. The van der Waals surface area contributed by atoms with Gasteiger partial charge in [-0.3, -0.25) is 9.78 Å². The first-order valence-electron chi connectivity index (χ1n) is 11.8. The number of nitrogens with zero attached hydrogens (tertiary/aromatic N) is 4. The Morgan fingerprint density at radius 1 is 1.00 bits per heavy atom. The van der Waals surface area contributed by atoms with Crippen LogP contribution in [0, 0.1) is 0 Å². The van der Waals surface area contributed by atoms with Crippen LogP contribution < -0.4 is 16.1 Å². The Balaban J connectivity index is 1.45. The van der Waals surface area contributed by atoms with Gasteiger partial charge in [0.25, 0.3) is 5.56 Å². The number of hydrogen-bond acceptors (Lipinski definition) is 7. The molecule has 3 aromatic heterocycles. The lowest BCUT2D eigenvalue weighted by Crippen LogP contribution is -2.48. The maximum atomic E-state index is 13.7. The Labute approximate surface area is 226 Å². The molecule has 1 aliphatic heterocycles. The summed E-state index contributed by atoms with van der Waals surface area (Å²) in [6, 6.07) is 14.9. The van der Waals surface area contributed by atoms with Crippen molar-refractivity contribution in [3.05, 3.63) is 86.8 Å². The molecule has 0 amide bonds. The predicted octanol–water partition coefficient (Wildman–Crippen LogP) is 3.69. The van der Waals surface area contributed by atoms with Crippen LogP contribution in [0.25, 0.3) is 37.1 Å². The normalized spacial score (nSPS) is 14.9. The number of hydrogen-bond donors (Lipinski definition) is 1. The topological polar surface area (TPSA) is 108 Å². The third kappa shape index (κ3) is 4.31. The number of thiophene rings is 1. The van der Waals surface area contributed by atoms with E-state index in [1.54, 1.807) is 18.3 Å². The molecule has 0 bridgehead atoms. The molecule has 1 fully saturated rings. The molecule has 0 unspecified atom stereocenters. The van der Waals surface area contributed by atoms with Crippen molar-refractivity contribution in [3.8, 4) is 16.1 Å². The number of anilines is 1. The first-order valence-corrected chi connectivity index (χ1v) is 14.9. The van der Waals surface area contributed by atoms with Gasteiger partial charge in [0.15, 0.2) is 0 Å². The SMILES string of the molecule is CS(=O)(=O)N1CCN(c2ccc3cncc(-n4c(=O)[nH]c5cc(-c6ccccc6Cl)sc5c4=O)c3c2)CC1. The van der Waals surface area contributed by atoms with Gasteiger partial charge in [0.05, 0.1) is 23.7 Å². The lowest BCUT2D eigenvalue weighted by molar-refractivity contribution is 0.388. The Hall–Kier alpha value is -3.51. The second kappa shape index (κ2) is 9.35. The smallest absolute Gasteiger partial charge is 0.333 e. The van der Waals surface area contributed by atoms with Gasteiger partial charge >= 0.3 is 5.69 Å². The van der Waals surface area contributed by atoms with Crippen LogP contribution in [-0.2, 0) is 10.0 Å². The van der Waals surface area contributed by atoms with Gasteiger partial charge in [-0.1, -0.05) is 35.9 Å². The van der Waals surface area contributed by atoms with Crippen LogP contribution in [0.1, 0.15) is 0 Å². The van der Waals surface area contributed by atoms with Crippen molar-refractivity contribution >= 4 is 59.6 Å². The van der Waals surface area contributed by atoms with Gasteiger partial charge in [-0.05, 0) is 24.3 Å². The second-order valence-electron chi connectivity index (χ2n) is 9.12. The molecule has 0 atom stereocenters. The van der Waals surface area contributed by atoms with Gasteiger partial charge in [0.2, 0.25) is 10.0 Å². The number of piperazine rings is 1. The standard InChI is InChI=1S/C26H22ClN5O4S2/c1-38(35,36)31-10-8-30(9-11-31)17-7-6-16-14-28-15-22(19(16)12-17)32-25(33)24-21(29-26(32)34)13-23(37-24)18-4-2-3-5-20(18)27/h2-7,12-15H,8-11H2,1H3,(H,29,34). The lowest BCUT2D eigenvalue weighted by Gasteiger charge is -2.34. The summed E-state index contributed by atoms with van der Waals surface area (Å²) in [6.45, 7) is 1.85. The van der Waals surface area contributed by atoms with Crippen LogP contribution in [0.15, 0.2) is 70.5 Å². The molecule has 1 saturated heterocycles. The van der Waals surface area contributed by atoms with Crippen molar-refractivity contribution in [3.63, 3.8) is 0 Å². The highest BCUT2D eigenvalue weighted by molar-refractivity contribution is 7.88. The van der Waals surface area contributed by atoms with Crippen LogP contribution in [0.5, 0.6) is 0 Å². The highest BCUT2D eigenvalue weighted by Gasteiger charge is 2.24. The number of nitrogens with one attached hydrogen (secondary N) is 1. The molecule has 194 valence electrons. The number of rotatable bonds is 4. The summed E-state index contributed by atoms with van der Waals surface area (Å²) < 4.78 is 26.8. The number of fused-ring (bicyclic) bond motifs is 2. The van der Waals surface area contributed by atoms with E-state index in [-0.39, 0.29) is 0 Å². The van der Waals surface area contributed by atoms with Crippen molar-refractivity contribution in [1.82, 2.24) is 18.8 Å². The Morgan fingerprint density at radius 2 is 1.76 bits per heavy atom. The number of benzene rings is 2. The molecule has 6 rings (SSSR count). The minimum absolute atomic E-state index is 0.375. The highest BCUT2D eigenvalue weighted by atomic mass is 35.5. The molecule has 0 saturated carbocycles. The largest absolute Gasteiger partial charge is 0.369 e. The minimum Gasteiger partial charge on any atom is -0.369 e. The van der Waals surface area contributed by atoms with Crippen LogP contribution in [0.3, 0.4) is 0 Å². The zero-order valence-electron chi connectivity index (χ0n) is 20.2. The number of pyridine rings is 1. The fourth-order valence-electron chi connectivity index (χ4n) is 4.81. The van der Waals surface area contributed by atoms with Crippen LogP contribution in [-0.4, -0.2) is 59.7 Å². The zero-order valence-corrected chi connectivity index (χ0v) is 22.6. The summed E-state index contributed by atoms with van der Waals surface area (Å²) in [5, 5.41) is 2.03. The molecule has 0 aliphatic carbocycles. The van der Waals surface area contributed by atoms with Crippen molar-refractivity contribution in [1.29, 1.82) is 0 Å². The van der Waals surface area contributed by atoms with E-state index in [0.29, 0.717) is 52.5 Å². The van der Waals surface area contributed by atoms with Gasteiger partial charge in [-0.25, -0.2) is 17.8 Å². The quantitative estimate of drug-likeness (QED) is 0.355.